The van der Waals surface area contributed by atoms with E-state index >= 15 is 0 Å². The van der Waals surface area contributed by atoms with Crippen molar-refractivity contribution in [3.8, 4) is 0 Å². The third-order valence-electron chi connectivity index (χ3n) is 3.16. The van der Waals surface area contributed by atoms with Gasteiger partial charge in [-0.15, -0.1) is 0 Å². The van der Waals surface area contributed by atoms with Crippen LogP contribution in [0.15, 0.2) is 42.7 Å². The van der Waals surface area contributed by atoms with E-state index in [0.717, 1.165) is 24.1 Å². The van der Waals surface area contributed by atoms with Gasteiger partial charge < -0.3 is 5.32 Å². The molecular formula is C16H18F2N2. The first-order valence-electron chi connectivity index (χ1n) is 6.75. The monoisotopic (exact) mass is 276 g/mol. The number of likely N-dealkylation sites (N-methyl/N-ethyl adjacent to an activating group) is 1. The number of aromatic nitrogens is 1. The lowest BCUT2D eigenvalue weighted by atomic mass is 9.99. The highest BCUT2D eigenvalue weighted by molar-refractivity contribution is 5.20. The minimum atomic E-state index is -0.805. The van der Waals surface area contributed by atoms with Crippen LogP contribution in [0.1, 0.15) is 18.1 Å². The van der Waals surface area contributed by atoms with Crippen molar-refractivity contribution in [3.63, 3.8) is 0 Å². The Hall–Kier alpha value is -1.81. The molecule has 0 bridgehead atoms. The molecule has 0 spiro atoms. The first-order valence-corrected chi connectivity index (χ1v) is 6.75. The molecule has 1 atom stereocenters. The van der Waals surface area contributed by atoms with Gasteiger partial charge in [0.25, 0.3) is 0 Å². The molecule has 0 aliphatic carbocycles. The maximum Gasteiger partial charge on any atom is 0.159 e. The van der Waals surface area contributed by atoms with Crippen molar-refractivity contribution in [1.29, 1.82) is 0 Å². The van der Waals surface area contributed by atoms with E-state index in [1.165, 1.54) is 12.1 Å². The molecule has 1 aromatic carbocycles. The van der Waals surface area contributed by atoms with Crippen LogP contribution in [0.3, 0.4) is 0 Å². The number of halogens is 2. The van der Waals surface area contributed by atoms with Crippen LogP contribution in [0.2, 0.25) is 0 Å². The number of hydrogen-bond acceptors (Lipinski definition) is 2. The minimum absolute atomic E-state index is 0.175. The van der Waals surface area contributed by atoms with Crippen LogP contribution < -0.4 is 5.32 Å². The zero-order chi connectivity index (χ0) is 14.4. The van der Waals surface area contributed by atoms with E-state index in [-0.39, 0.29) is 6.04 Å². The topological polar surface area (TPSA) is 24.9 Å². The second-order valence-corrected chi connectivity index (χ2v) is 4.77. The van der Waals surface area contributed by atoms with Crippen LogP contribution >= 0.6 is 0 Å². The summed E-state index contributed by atoms with van der Waals surface area (Å²) < 4.78 is 26.2. The Labute approximate surface area is 117 Å². The molecule has 20 heavy (non-hydrogen) atoms. The molecule has 0 amide bonds. The van der Waals surface area contributed by atoms with Crippen LogP contribution in [0, 0.1) is 11.6 Å². The molecule has 2 nitrogen and oxygen atoms in total. The molecule has 1 heterocycles. The summed E-state index contributed by atoms with van der Waals surface area (Å²) in [5.41, 5.74) is 1.92. The van der Waals surface area contributed by atoms with E-state index in [4.69, 9.17) is 0 Å². The molecule has 1 unspecified atom stereocenters. The normalized spacial score (nSPS) is 12.3. The molecule has 1 N–H and O–H groups in total. The maximum atomic E-state index is 13.2. The number of nitrogens with one attached hydrogen (secondary N) is 1. The number of hydrogen-bond donors (Lipinski definition) is 1. The molecule has 2 rings (SSSR count). The van der Waals surface area contributed by atoms with Crippen LogP contribution in [0.4, 0.5) is 8.78 Å². The zero-order valence-electron chi connectivity index (χ0n) is 11.4. The Kier molecular flexibility index (Phi) is 5.18. The minimum Gasteiger partial charge on any atom is -0.314 e. The molecule has 0 saturated heterocycles. The average Bonchev–Trinajstić information content (AvgIpc) is 2.44. The van der Waals surface area contributed by atoms with Crippen molar-refractivity contribution in [2.75, 3.05) is 6.54 Å². The molecule has 106 valence electrons. The molecular weight excluding hydrogens is 258 g/mol. The summed E-state index contributed by atoms with van der Waals surface area (Å²) >= 11 is 0. The second kappa shape index (κ2) is 7.10. The van der Waals surface area contributed by atoms with Gasteiger partial charge in [-0.2, -0.15) is 0 Å². The Morgan fingerprint density at radius 3 is 2.55 bits per heavy atom. The summed E-state index contributed by atoms with van der Waals surface area (Å²) in [6.45, 7) is 2.86. The van der Waals surface area contributed by atoms with Crippen LogP contribution in [0.5, 0.6) is 0 Å². The number of pyridine rings is 1. The summed E-state index contributed by atoms with van der Waals surface area (Å²) in [6.07, 6.45) is 5.03. The van der Waals surface area contributed by atoms with Gasteiger partial charge in [-0.3, -0.25) is 4.98 Å². The number of nitrogens with zero attached hydrogens (tertiary/aromatic N) is 1. The Balaban J connectivity index is 2.06. The van der Waals surface area contributed by atoms with E-state index in [1.807, 2.05) is 25.3 Å². The van der Waals surface area contributed by atoms with Crippen molar-refractivity contribution in [3.05, 3.63) is 65.5 Å². The van der Waals surface area contributed by atoms with E-state index in [1.54, 1.807) is 12.3 Å². The van der Waals surface area contributed by atoms with Crippen LogP contribution in [-0.4, -0.2) is 17.6 Å². The fourth-order valence-corrected chi connectivity index (χ4v) is 2.26. The summed E-state index contributed by atoms with van der Waals surface area (Å²) in [7, 11) is 0. The van der Waals surface area contributed by atoms with Gasteiger partial charge in [0.15, 0.2) is 11.6 Å². The third kappa shape index (κ3) is 4.10. The average molecular weight is 276 g/mol. The molecule has 0 fully saturated rings. The van der Waals surface area contributed by atoms with Crippen molar-refractivity contribution in [1.82, 2.24) is 10.3 Å². The maximum absolute atomic E-state index is 13.2. The lowest BCUT2D eigenvalue weighted by molar-refractivity contribution is 0.498. The molecule has 0 saturated carbocycles. The second-order valence-electron chi connectivity index (χ2n) is 4.77. The highest BCUT2D eigenvalue weighted by Gasteiger charge is 2.11. The van der Waals surface area contributed by atoms with E-state index in [0.29, 0.717) is 6.42 Å². The van der Waals surface area contributed by atoms with Gasteiger partial charge in [-0.1, -0.05) is 19.1 Å². The van der Waals surface area contributed by atoms with Crippen LogP contribution in [-0.2, 0) is 12.8 Å². The Morgan fingerprint density at radius 2 is 1.90 bits per heavy atom. The molecule has 1 aromatic heterocycles. The third-order valence-corrected chi connectivity index (χ3v) is 3.16. The van der Waals surface area contributed by atoms with Gasteiger partial charge in [0.1, 0.15) is 0 Å². The van der Waals surface area contributed by atoms with Crippen LogP contribution in [0.25, 0.3) is 0 Å². The summed E-state index contributed by atoms with van der Waals surface area (Å²) in [5, 5.41) is 3.37. The predicted octanol–water partition coefficient (Wildman–Crippen LogP) is 3.12. The van der Waals surface area contributed by atoms with Gasteiger partial charge in [0.05, 0.1) is 0 Å². The fourth-order valence-electron chi connectivity index (χ4n) is 2.26. The predicted molar refractivity (Wildman–Crippen MR) is 75.5 cm³/mol. The molecule has 0 aliphatic heterocycles. The van der Waals surface area contributed by atoms with Crippen molar-refractivity contribution >= 4 is 0 Å². The first kappa shape index (κ1) is 14.6. The number of rotatable bonds is 6. The van der Waals surface area contributed by atoms with Gasteiger partial charge in [-0.25, -0.2) is 8.78 Å². The Morgan fingerprint density at radius 1 is 1.10 bits per heavy atom. The molecule has 4 heteroatoms. The highest BCUT2D eigenvalue weighted by Crippen LogP contribution is 2.12. The van der Waals surface area contributed by atoms with E-state index < -0.39 is 11.6 Å². The zero-order valence-corrected chi connectivity index (χ0v) is 11.4. The number of benzene rings is 1. The fraction of sp³-hybridized carbons (Fsp3) is 0.312. The first-order chi connectivity index (χ1) is 9.69. The quantitative estimate of drug-likeness (QED) is 0.877. The molecule has 2 aromatic rings. The largest absolute Gasteiger partial charge is 0.314 e. The SMILES string of the molecule is CCNC(Cc1cccnc1)Cc1ccc(F)c(F)c1. The van der Waals surface area contributed by atoms with Gasteiger partial charge in [0.2, 0.25) is 0 Å². The smallest absolute Gasteiger partial charge is 0.159 e. The lowest BCUT2D eigenvalue weighted by Crippen LogP contribution is -2.33. The van der Waals surface area contributed by atoms with Gasteiger partial charge in [0, 0.05) is 18.4 Å². The highest BCUT2D eigenvalue weighted by atomic mass is 19.2. The van der Waals surface area contributed by atoms with Crippen molar-refractivity contribution in [2.45, 2.75) is 25.8 Å². The lowest BCUT2D eigenvalue weighted by Gasteiger charge is -2.18. The van der Waals surface area contributed by atoms with E-state index in [2.05, 4.69) is 10.3 Å². The van der Waals surface area contributed by atoms with Gasteiger partial charge in [-0.05, 0) is 48.7 Å². The van der Waals surface area contributed by atoms with Gasteiger partial charge >= 0.3 is 0 Å². The van der Waals surface area contributed by atoms with Crippen molar-refractivity contribution in [2.24, 2.45) is 0 Å². The standard InChI is InChI=1S/C16H18F2N2/c1-2-20-14(9-13-4-3-7-19-11-13)8-12-5-6-15(17)16(18)10-12/h3-7,10-11,14,20H,2,8-9H2,1H3. The molecule has 0 radical (unpaired) electrons. The molecule has 0 aliphatic rings. The summed E-state index contributed by atoms with van der Waals surface area (Å²) in [5.74, 6) is -1.60. The van der Waals surface area contributed by atoms with Crippen molar-refractivity contribution < 1.29 is 8.78 Å². The van der Waals surface area contributed by atoms with E-state index in [9.17, 15) is 8.78 Å². The summed E-state index contributed by atoms with van der Waals surface area (Å²) in [6, 6.07) is 8.17. The summed E-state index contributed by atoms with van der Waals surface area (Å²) in [4.78, 5) is 4.09. The Bertz CT molecular complexity index is 543.